The van der Waals surface area contributed by atoms with Gasteiger partial charge in [-0.3, -0.25) is 4.79 Å². The fourth-order valence-electron chi connectivity index (χ4n) is 4.02. The van der Waals surface area contributed by atoms with Crippen LogP contribution in [0.3, 0.4) is 0 Å². The average Bonchev–Trinajstić information content (AvgIpc) is 3.10. The first-order valence-corrected chi connectivity index (χ1v) is 7.50. The summed E-state index contributed by atoms with van der Waals surface area (Å²) >= 11 is 5.96. The monoisotopic (exact) mass is 289 g/mol. The van der Waals surface area contributed by atoms with E-state index in [1.54, 1.807) is 18.2 Å². The Hall–Kier alpha value is -1.32. The minimum Gasteiger partial charge on any atom is -0.453 e. The van der Waals surface area contributed by atoms with Gasteiger partial charge in [-0.1, -0.05) is 11.6 Å². The quantitative estimate of drug-likeness (QED) is 0.859. The zero-order valence-corrected chi connectivity index (χ0v) is 11.8. The molecule has 0 saturated heterocycles. The van der Waals surface area contributed by atoms with Crippen LogP contribution in [-0.4, -0.2) is 11.8 Å². The summed E-state index contributed by atoms with van der Waals surface area (Å²) in [6, 6.07) is 7.18. The lowest BCUT2D eigenvalue weighted by Gasteiger charge is -2.25. The molecule has 0 aliphatic heterocycles. The second-order valence-electron chi connectivity index (χ2n) is 6.09. The van der Waals surface area contributed by atoms with Gasteiger partial charge < -0.3 is 10.2 Å². The summed E-state index contributed by atoms with van der Waals surface area (Å²) in [4.78, 5) is 12.7. The van der Waals surface area contributed by atoms with E-state index in [0.29, 0.717) is 28.2 Å². The van der Waals surface area contributed by atoms with E-state index >= 15 is 0 Å². The topological polar surface area (TPSA) is 56.2 Å². The Morgan fingerprint density at radius 2 is 2.05 bits per heavy atom. The first kappa shape index (κ1) is 12.4. The van der Waals surface area contributed by atoms with Gasteiger partial charge >= 0.3 is 0 Å². The molecule has 20 heavy (non-hydrogen) atoms. The van der Waals surface area contributed by atoms with Crippen LogP contribution in [0, 0.1) is 17.8 Å². The zero-order valence-electron chi connectivity index (χ0n) is 11.0. The Morgan fingerprint density at radius 1 is 1.25 bits per heavy atom. The molecule has 1 aromatic heterocycles. The highest BCUT2D eigenvalue weighted by Crippen LogP contribution is 2.48. The number of furan rings is 1. The molecule has 104 valence electrons. The molecule has 2 bridgehead atoms. The molecule has 1 aromatic carbocycles. The van der Waals surface area contributed by atoms with Crippen molar-refractivity contribution in [2.24, 2.45) is 23.5 Å². The lowest BCUT2D eigenvalue weighted by Crippen LogP contribution is -2.40. The molecular weight excluding hydrogens is 274 g/mol. The van der Waals surface area contributed by atoms with E-state index in [0.717, 1.165) is 18.2 Å². The average molecular weight is 290 g/mol. The van der Waals surface area contributed by atoms with Crippen LogP contribution >= 0.6 is 11.6 Å². The Balaban J connectivity index is 1.70. The standard InChI is InChI=1S/C16H16ClNO2/c17-11-3-4-12-10(6-11)7-13(20-12)16(19)14-8-1-2-9(5-8)15(14)18/h3-4,6-9,14-15H,1-2,5,18H2. The number of hydrogen-bond donors (Lipinski definition) is 1. The number of ketones is 1. The van der Waals surface area contributed by atoms with Crippen molar-refractivity contribution in [1.29, 1.82) is 0 Å². The maximum atomic E-state index is 12.7. The number of carbonyl (C=O) groups excluding carboxylic acids is 1. The summed E-state index contributed by atoms with van der Waals surface area (Å²) in [5.74, 6) is 1.39. The van der Waals surface area contributed by atoms with E-state index in [9.17, 15) is 4.79 Å². The van der Waals surface area contributed by atoms with E-state index in [4.69, 9.17) is 21.8 Å². The second-order valence-corrected chi connectivity index (χ2v) is 6.53. The van der Waals surface area contributed by atoms with Crippen LogP contribution in [0.15, 0.2) is 28.7 Å². The Labute approximate surface area is 122 Å². The lowest BCUT2D eigenvalue weighted by molar-refractivity contribution is 0.0829. The van der Waals surface area contributed by atoms with Crippen molar-refractivity contribution in [3.05, 3.63) is 35.0 Å². The number of hydrogen-bond acceptors (Lipinski definition) is 3. The number of Topliss-reactive ketones (excluding diaryl/α,β-unsaturated/α-hetero) is 1. The summed E-state index contributed by atoms with van der Waals surface area (Å²) in [5, 5.41) is 1.52. The highest BCUT2D eigenvalue weighted by molar-refractivity contribution is 6.31. The zero-order chi connectivity index (χ0) is 13.9. The maximum Gasteiger partial charge on any atom is 0.202 e. The third-order valence-electron chi connectivity index (χ3n) is 5.00. The van der Waals surface area contributed by atoms with Gasteiger partial charge in [-0.15, -0.1) is 0 Å². The number of benzene rings is 1. The SMILES string of the molecule is NC1C2CCC(C2)C1C(=O)c1cc2cc(Cl)ccc2o1. The van der Waals surface area contributed by atoms with Crippen molar-refractivity contribution in [1.82, 2.24) is 0 Å². The predicted molar refractivity (Wildman–Crippen MR) is 77.9 cm³/mol. The molecule has 0 amide bonds. The minimum absolute atomic E-state index is 0.00181. The van der Waals surface area contributed by atoms with Crippen LogP contribution in [0.2, 0.25) is 5.02 Å². The molecular formula is C16H16ClNO2. The number of carbonyl (C=O) groups is 1. The Morgan fingerprint density at radius 3 is 2.80 bits per heavy atom. The van der Waals surface area contributed by atoms with Crippen molar-refractivity contribution in [2.75, 3.05) is 0 Å². The van der Waals surface area contributed by atoms with Crippen molar-refractivity contribution >= 4 is 28.4 Å². The molecule has 4 rings (SSSR count). The third kappa shape index (κ3) is 1.73. The van der Waals surface area contributed by atoms with Crippen molar-refractivity contribution in [3.63, 3.8) is 0 Å². The molecule has 0 radical (unpaired) electrons. The largest absolute Gasteiger partial charge is 0.453 e. The molecule has 2 aliphatic rings. The van der Waals surface area contributed by atoms with E-state index in [1.165, 1.54) is 6.42 Å². The van der Waals surface area contributed by atoms with Crippen LogP contribution in [0.25, 0.3) is 11.0 Å². The van der Waals surface area contributed by atoms with Crippen LogP contribution < -0.4 is 5.73 Å². The summed E-state index contributed by atoms with van der Waals surface area (Å²) in [6.07, 6.45) is 3.40. The van der Waals surface area contributed by atoms with Crippen molar-refractivity contribution in [3.8, 4) is 0 Å². The summed E-state index contributed by atoms with van der Waals surface area (Å²) in [5.41, 5.74) is 6.94. The minimum atomic E-state index is -0.0650. The molecule has 4 atom stereocenters. The fourth-order valence-corrected chi connectivity index (χ4v) is 4.21. The van der Waals surface area contributed by atoms with Gasteiger partial charge in [0.25, 0.3) is 0 Å². The first-order valence-electron chi connectivity index (χ1n) is 7.12. The molecule has 2 saturated carbocycles. The number of fused-ring (bicyclic) bond motifs is 3. The van der Waals surface area contributed by atoms with Crippen molar-refractivity contribution in [2.45, 2.75) is 25.3 Å². The van der Waals surface area contributed by atoms with Gasteiger partial charge in [0.1, 0.15) is 5.58 Å². The Bertz CT molecular complexity index is 691. The smallest absolute Gasteiger partial charge is 0.202 e. The van der Waals surface area contributed by atoms with Crippen LogP contribution in [-0.2, 0) is 0 Å². The number of halogens is 1. The molecule has 4 unspecified atom stereocenters. The van der Waals surface area contributed by atoms with Crippen LogP contribution in [0.4, 0.5) is 0 Å². The van der Waals surface area contributed by atoms with E-state index in [1.807, 2.05) is 6.07 Å². The Kier molecular flexibility index (Phi) is 2.69. The molecule has 2 N–H and O–H groups in total. The molecule has 2 aliphatic carbocycles. The molecule has 2 fully saturated rings. The molecule has 3 nitrogen and oxygen atoms in total. The van der Waals surface area contributed by atoms with Gasteiger partial charge in [-0.25, -0.2) is 0 Å². The first-order chi connectivity index (χ1) is 9.63. The summed E-state index contributed by atoms with van der Waals surface area (Å²) in [6.45, 7) is 0. The highest BCUT2D eigenvalue weighted by atomic mass is 35.5. The van der Waals surface area contributed by atoms with Gasteiger partial charge in [-0.2, -0.15) is 0 Å². The van der Waals surface area contributed by atoms with Crippen molar-refractivity contribution < 1.29 is 9.21 Å². The summed E-state index contributed by atoms with van der Waals surface area (Å²) in [7, 11) is 0. The van der Waals surface area contributed by atoms with Gasteiger partial charge in [-0.05, 0) is 55.4 Å². The van der Waals surface area contributed by atoms with Crippen LogP contribution in [0.1, 0.15) is 29.8 Å². The lowest BCUT2D eigenvalue weighted by atomic mass is 9.81. The number of rotatable bonds is 2. The van der Waals surface area contributed by atoms with Crippen LogP contribution in [0.5, 0.6) is 0 Å². The van der Waals surface area contributed by atoms with Gasteiger partial charge in [0, 0.05) is 22.4 Å². The fraction of sp³-hybridized carbons (Fsp3) is 0.438. The highest BCUT2D eigenvalue weighted by Gasteiger charge is 2.49. The third-order valence-corrected chi connectivity index (χ3v) is 5.24. The van der Waals surface area contributed by atoms with Gasteiger partial charge in [0.15, 0.2) is 5.76 Å². The molecule has 1 heterocycles. The van der Waals surface area contributed by atoms with E-state index < -0.39 is 0 Å². The second kappa shape index (κ2) is 4.34. The maximum absolute atomic E-state index is 12.7. The normalized spacial score (nSPS) is 32.1. The molecule has 2 aromatic rings. The van der Waals surface area contributed by atoms with E-state index in [-0.39, 0.29) is 17.7 Å². The summed E-state index contributed by atoms with van der Waals surface area (Å²) < 4.78 is 5.69. The van der Waals surface area contributed by atoms with E-state index in [2.05, 4.69) is 0 Å². The molecule has 0 spiro atoms. The molecule has 4 heteroatoms. The predicted octanol–water partition coefficient (Wildman–Crippen LogP) is 3.64. The van der Waals surface area contributed by atoms with Gasteiger partial charge in [0.2, 0.25) is 5.78 Å². The number of nitrogens with two attached hydrogens (primary N) is 1. The van der Waals surface area contributed by atoms with Gasteiger partial charge in [0.05, 0.1) is 0 Å².